The SMILES string of the molecule is NC1C(=O)Nc2cc(N3CCn4ccnc4C3)c(Br)cc21. The summed E-state index contributed by atoms with van der Waals surface area (Å²) in [5.74, 6) is 0.901. The fraction of sp³-hybridized carbons (Fsp3) is 0.286. The second-order valence-corrected chi connectivity index (χ2v) is 6.17. The van der Waals surface area contributed by atoms with Crippen LogP contribution in [0.25, 0.3) is 0 Å². The number of benzene rings is 1. The normalized spacial score (nSPS) is 20.2. The van der Waals surface area contributed by atoms with E-state index in [2.05, 4.69) is 35.7 Å². The van der Waals surface area contributed by atoms with E-state index >= 15 is 0 Å². The van der Waals surface area contributed by atoms with E-state index in [-0.39, 0.29) is 5.91 Å². The molecule has 1 amide bonds. The van der Waals surface area contributed by atoms with Crippen LogP contribution in [0.4, 0.5) is 11.4 Å². The second-order valence-electron chi connectivity index (χ2n) is 5.32. The average Bonchev–Trinajstić information content (AvgIpc) is 3.04. The zero-order chi connectivity index (χ0) is 14.6. The van der Waals surface area contributed by atoms with E-state index in [0.29, 0.717) is 0 Å². The van der Waals surface area contributed by atoms with Gasteiger partial charge in [0.05, 0.1) is 12.2 Å². The highest BCUT2D eigenvalue weighted by atomic mass is 79.9. The molecule has 0 radical (unpaired) electrons. The molecule has 1 unspecified atom stereocenters. The second kappa shape index (κ2) is 4.57. The third-order valence-electron chi connectivity index (χ3n) is 4.08. The minimum absolute atomic E-state index is 0.150. The monoisotopic (exact) mass is 347 g/mol. The number of rotatable bonds is 1. The van der Waals surface area contributed by atoms with Crippen molar-refractivity contribution in [3.05, 3.63) is 40.4 Å². The van der Waals surface area contributed by atoms with Crippen molar-refractivity contribution in [3.8, 4) is 0 Å². The molecule has 0 saturated heterocycles. The standard InChI is InChI=1S/C14H14BrN5O/c15-9-5-8-10(18-14(21)13(8)16)6-11(9)20-4-3-19-2-1-17-12(19)7-20/h1-2,5-6,13H,3-4,7,16H2,(H,18,21). The smallest absolute Gasteiger partial charge is 0.245 e. The van der Waals surface area contributed by atoms with E-state index in [1.165, 1.54) is 0 Å². The van der Waals surface area contributed by atoms with Gasteiger partial charge in [-0.05, 0) is 28.1 Å². The third-order valence-corrected chi connectivity index (χ3v) is 4.72. The van der Waals surface area contributed by atoms with Crippen LogP contribution in [0.3, 0.4) is 0 Å². The summed E-state index contributed by atoms with van der Waals surface area (Å²) in [6.07, 6.45) is 3.83. The van der Waals surface area contributed by atoms with Crippen LogP contribution in [0.5, 0.6) is 0 Å². The Morgan fingerprint density at radius 1 is 1.38 bits per heavy atom. The maximum Gasteiger partial charge on any atom is 0.245 e. The lowest BCUT2D eigenvalue weighted by Crippen LogP contribution is -2.33. The summed E-state index contributed by atoms with van der Waals surface area (Å²) in [5.41, 5.74) is 8.58. The molecule has 2 aliphatic rings. The largest absolute Gasteiger partial charge is 0.361 e. The van der Waals surface area contributed by atoms with Gasteiger partial charge >= 0.3 is 0 Å². The van der Waals surface area contributed by atoms with E-state index in [1.807, 2.05) is 24.5 Å². The van der Waals surface area contributed by atoms with Crippen LogP contribution in [-0.2, 0) is 17.9 Å². The first-order chi connectivity index (χ1) is 10.1. The molecule has 0 fully saturated rings. The van der Waals surface area contributed by atoms with Gasteiger partial charge in [0.25, 0.3) is 0 Å². The van der Waals surface area contributed by atoms with Crippen molar-refractivity contribution >= 4 is 33.2 Å². The van der Waals surface area contributed by atoms with Crippen molar-refractivity contribution in [1.29, 1.82) is 0 Å². The number of halogens is 1. The third kappa shape index (κ3) is 1.96. The van der Waals surface area contributed by atoms with Crippen molar-refractivity contribution in [2.75, 3.05) is 16.8 Å². The number of hydrogen-bond acceptors (Lipinski definition) is 4. The highest BCUT2D eigenvalue weighted by molar-refractivity contribution is 9.10. The molecule has 1 aromatic carbocycles. The quantitative estimate of drug-likeness (QED) is 0.821. The summed E-state index contributed by atoms with van der Waals surface area (Å²) < 4.78 is 3.11. The predicted molar refractivity (Wildman–Crippen MR) is 83.0 cm³/mol. The van der Waals surface area contributed by atoms with Crippen LogP contribution < -0.4 is 16.0 Å². The van der Waals surface area contributed by atoms with Crippen molar-refractivity contribution in [2.45, 2.75) is 19.1 Å². The predicted octanol–water partition coefficient (Wildman–Crippen LogP) is 1.62. The number of anilines is 2. The molecule has 108 valence electrons. The summed E-state index contributed by atoms with van der Waals surface area (Å²) in [6.45, 7) is 2.57. The van der Waals surface area contributed by atoms with E-state index < -0.39 is 6.04 Å². The van der Waals surface area contributed by atoms with Gasteiger partial charge in [-0.25, -0.2) is 4.98 Å². The number of carbonyl (C=O) groups is 1. The molecular weight excluding hydrogens is 334 g/mol. The Bertz CT molecular complexity index is 741. The first-order valence-corrected chi connectivity index (χ1v) is 7.57. The first kappa shape index (κ1) is 12.8. The van der Waals surface area contributed by atoms with Gasteiger partial charge in [-0.1, -0.05) is 0 Å². The van der Waals surface area contributed by atoms with E-state index in [9.17, 15) is 4.79 Å². The topological polar surface area (TPSA) is 76.2 Å². The number of amides is 1. The summed E-state index contributed by atoms with van der Waals surface area (Å²) in [6, 6.07) is 3.35. The number of imidazole rings is 1. The minimum atomic E-state index is -0.578. The highest BCUT2D eigenvalue weighted by Crippen LogP contribution is 2.39. The Morgan fingerprint density at radius 2 is 2.24 bits per heavy atom. The Kier molecular flexibility index (Phi) is 2.80. The van der Waals surface area contributed by atoms with Gasteiger partial charge in [-0.2, -0.15) is 0 Å². The molecule has 6 nitrogen and oxygen atoms in total. The molecule has 0 saturated carbocycles. The molecule has 0 aliphatic carbocycles. The van der Waals surface area contributed by atoms with Gasteiger partial charge in [0.2, 0.25) is 5.91 Å². The lowest BCUT2D eigenvalue weighted by Gasteiger charge is -2.30. The number of hydrogen-bond donors (Lipinski definition) is 2. The molecule has 1 atom stereocenters. The van der Waals surface area contributed by atoms with Crippen LogP contribution in [0.1, 0.15) is 17.4 Å². The number of fused-ring (bicyclic) bond motifs is 2. The van der Waals surface area contributed by atoms with Crippen LogP contribution in [0.2, 0.25) is 0 Å². The van der Waals surface area contributed by atoms with Gasteiger partial charge in [-0.15, -0.1) is 0 Å². The molecule has 7 heteroatoms. The van der Waals surface area contributed by atoms with E-state index in [0.717, 1.165) is 46.9 Å². The van der Waals surface area contributed by atoms with Crippen LogP contribution in [-0.4, -0.2) is 22.0 Å². The number of nitrogens with zero attached hydrogens (tertiary/aromatic N) is 3. The Morgan fingerprint density at radius 3 is 3.10 bits per heavy atom. The molecule has 3 heterocycles. The van der Waals surface area contributed by atoms with E-state index in [4.69, 9.17) is 5.73 Å². The van der Waals surface area contributed by atoms with Crippen LogP contribution in [0, 0.1) is 0 Å². The molecule has 3 N–H and O–H groups in total. The van der Waals surface area contributed by atoms with Crippen molar-refractivity contribution in [3.63, 3.8) is 0 Å². The molecule has 2 aliphatic heterocycles. The van der Waals surface area contributed by atoms with Crippen molar-refractivity contribution in [2.24, 2.45) is 5.73 Å². The number of nitrogens with one attached hydrogen (secondary N) is 1. The fourth-order valence-electron chi connectivity index (χ4n) is 2.92. The number of carbonyl (C=O) groups excluding carboxylic acids is 1. The summed E-state index contributed by atoms with van der Waals surface area (Å²) in [4.78, 5) is 18.3. The first-order valence-electron chi connectivity index (χ1n) is 6.78. The van der Waals surface area contributed by atoms with Crippen LogP contribution >= 0.6 is 15.9 Å². The summed E-state index contributed by atoms with van der Waals surface area (Å²) in [5, 5.41) is 2.84. The van der Waals surface area contributed by atoms with Crippen molar-refractivity contribution in [1.82, 2.24) is 9.55 Å². The molecule has 4 rings (SSSR count). The lowest BCUT2D eigenvalue weighted by molar-refractivity contribution is -0.116. The summed E-state index contributed by atoms with van der Waals surface area (Å²) >= 11 is 3.60. The maximum absolute atomic E-state index is 11.7. The molecule has 2 aromatic rings. The van der Waals surface area contributed by atoms with Crippen LogP contribution in [0.15, 0.2) is 29.0 Å². The Hall–Kier alpha value is -1.86. The van der Waals surface area contributed by atoms with E-state index in [1.54, 1.807) is 0 Å². The molecule has 21 heavy (non-hydrogen) atoms. The van der Waals surface area contributed by atoms with Crippen molar-refractivity contribution < 1.29 is 4.79 Å². The number of nitrogens with two attached hydrogens (primary N) is 1. The Balaban J connectivity index is 1.71. The lowest BCUT2D eigenvalue weighted by atomic mass is 10.1. The van der Waals surface area contributed by atoms with Gasteiger partial charge in [0.1, 0.15) is 11.9 Å². The van der Waals surface area contributed by atoms with Gasteiger partial charge in [0, 0.05) is 41.2 Å². The van der Waals surface area contributed by atoms with Gasteiger partial charge < -0.3 is 20.5 Å². The molecular formula is C14H14BrN5O. The average molecular weight is 348 g/mol. The fourth-order valence-corrected chi connectivity index (χ4v) is 3.53. The Labute approximate surface area is 130 Å². The summed E-state index contributed by atoms with van der Waals surface area (Å²) in [7, 11) is 0. The molecule has 0 bridgehead atoms. The zero-order valence-electron chi connectivity index (χ0n) is 11.2. The minimum Gasteiger partial charge on any atom is -0.361 e. The zero-order valence-corrected chi connectivity index (χ0v) is 12.8. The van der Waals surface area contributed by atoms with Gasteiger partial charge in [-0.3, -0.25) is 4.79 Å². The molecule has 0 spiro atoms. The molecule has 1 aromatic heterocycles. The maximum atomic E-state index is 11.7. The van der Waals surface area contributed by atoms with Gasteiger partial charge in [0.15, 0.2) is 0 Å². The number of aromatic nitrogens is 2. The highest BCUT2D eigenvalue weighted by Gasteiger charge is 2.29.